The van der Waals surface area contributed by atoms with Crippen LogP contribution in [0.2, 0.25) is 0 Å². The maximum atomic E-state index is 12.5. The average molecular weight is 333 g/mol. The topological polar surface area (TPSA) is 125 Å². The lowest BCUT2D eigenvalue weighted by atomic mass is 10.0. The van der Waals surface area contributed by atoms with Gasteiger partial charge < -0.3 is 16.0 Å². The number of hydrogen-bond acceptors (Lipinski definition) is 5. The number of pyridine rings is 1. The second-order valence-corrected chi connectivity index (χ2v) is 5.52. The lowest BCUT2D eigenvalue weighted by molar-refractivity contribution is 0.102. The molecule has 0 fully saturated rings. The predicted molar refractivity (Wildman–Crippen MR) is 92.9 cm³/mol. The van der Waals surface area contributed by atoms with Crippen molar-refractivity contribution in [1.29, 1.82) is 0 Å². The van der Waals surface area contributed by atoms with Crippen LogP contribution < -0.4 is 11.1 Å². The molecule has 8 nitrogen and oxygen atoms in total. The Morgan fingerprint density at radius 2 is 1.96 bits per heavy atom. The van der Waals surface area contributed by atoms with Crippen molar-refractivity contribution in [2.75, 3.05) is 5.32 Å². The lowest BCUT2D eigenvalue weighted by Crippen LogP contribution is -2.15. The first-order chi connectivity index (χ1) is 12.2. The van der Waals surface area contributed by atoms with E-state index >= 15 is 0 Å². The molecule has 3 aromatic heterocycles. The van der Waals surface area contributed by atoms with Gasteiger partial charge in [-0.15, -0.1) is 0 Å². The molecule has 124 valence electrons. The molecule has 0 radical (unpaired) electrons. The van der Waals surface area contributed by atoms with E-state index in [1.807, 2.05) is 12.1 Å². The third-order valence-corrected chi connectivity index (χ3v) is 3.95. The maximum Gasteiger partial charge on any atom is 0.255 e. The number of imidazole rings is 1. The number of hydrogen-bond donors (Lipinski definition) is 4. The maximum absolute atomic E-state index is 12.5. The molecule has 4 aromatic rings. The fourth-order valence-electron chi connectivity index (χ4n) is 2.60. The van der Waals surface area contributed by atoms with E-state index in [1.54, 1.807) is 43.0 Å². The number of nitrogens with two attached hydrogens (primary N) is 1. The summed E-state index contributed by atoms with van der Waals surface area (Å²) in [6.45, 7) is 0. The zero-order valence-corrected chi connectivity index (χ0v) is 13.1. The van der Waals surface area contributed by atoms with Crippen LogP contribution >= 0.6 is 0 Å². The van der Waals surface area contributed by atoms with E-state index in [4.69, 9.17) is 5.73 Å². The van der Waals surface area contributed by atoms with Crippen molar-refractivity contribution in [1.82, 2.24) is 25.1 Å². The van der Waals surface area contributed by atoms with E-state index in [2.05, 4.69) is 30.5 Å². The number of H-pyrrole nitrogens is 2. The zero-order valence-electron chi connectivity index (χ0n) is 13.1. The highest BCUT2D eigenvalue weighted by atomic mass is 16.1. The van der Waals surface area contributed by atoms with Gasteiger partial charge in [0, 0.05) is 24.2 Å². The highest BCUT2D eigenvalue weighted by Gasteiger charge is 2.13. The molecule has 0 aliphatic carbocycles. The van der Waals surface area contributed by atoms with Gasteiger partial charge in [-0.3, -0.25) is 9.89 Å². The van der Waals surface area contributed by atoms with Gasteiger partial charge in [0.15, 0.2) is 5.65 Å². The number of nitrogens with one attached hydrogen (secondary N) is 3. The number of aromatic amines is 2. The molecule has 5 N–H and O–H groups in total. The minimum atomic E-state index is -0.363. The van der Waals surface area contributed by atoms with Crippen LogP contribution in [0, 0.1) is 0 Å². The molecule has 25 heavy (non-hydrogen) atoms. The number of carbonyl (C=O) groups excluding carboxylic acids is 1. The van der Waals surface area contributed by atoms with Crippen molar-refractivity contribution in [2.24, 2.45) is 5.73 Å². The van der Waals surface area contributed by atoms with Gasteiger partial charge in [0.1, 0.15) is 5.82 Å². The second kappa shape index (κ2) is 6.17. The summed E-state index contributed by atoms with van der Waals surface area (Å²) in [4.78, 5) is 23.8. The SMILES string of the molecule is NC(c1ccc(C(=O)Nc2ccnc3[nH]ncc23)cc1)c1ncc[nH]1. The summed E-state index contributed by atoms with van der Waals surface area (Å²) in [6.07, 6.45) is 6.62. The van der Waals surface area contributed by atoms with Gasteiger partial charge in [0.25, 0.3) is 5.91 Å². The number of benzene rings is 1. The van der Waals surface area contributed by atoms with Crippen LogP contribution in [0.3, 0.4) is 0 Å². The molecule has 8 heteroatoms. The molecule has 0 aliphatic rings. The first-order valence-electron chi connectivity index (χ1n) is 7.66. The number of fused-ring (bicyclic) bond motifs is 1. The van der Waals surface area contributed by atoms with Crippen LogP contribution in [0.15, 0.2) is 55.1 Å². The molecule has 0 saturated carbocycles. The summed E-state index contributed by atoms with van der Waals surface area (Å²) in [7, 11) is 0. The molecule has 3 heterocycles. The molecule has 0 saturated heterocycles. The van der Waals surface area contributed by atoms with E-state index < -0.39 is 0 Å². The highest BCUT2D eigenvalue weighted by molar-refractivity contribution is 6.08. The molecule has 1 atom stereocenters. The summed E-state index contributed by atoms with van der Waals surface area (Å²) in [5, 5.41) is 10.3. The summed E-state index contributed by atoms with van der Waals surface area (Å²) in [5.74, 6) is 0.461. The third-order valence-electron chi connectivity index (χ3n) is 3.95. The van der Waals surface area contributed by atoms with E-state index in [9.17, 15) is 4.79 Å². The molecule has 0 bridgehead atoms. The van der Waals surface area contributed by atoms with Crippen molar-refractivity contribution in [3.05, 3.63) is 72.1 Å². The highest BCUT2D eigenvalue weighted by Crippen LogP contribution is 2.21. The Kier molecular flexibility index (Phi) is 3.71. The van der Waals surface area contributed by atoms with Gasteiger partial charge in [0.05, 0.1) is 23.3 Å². The van der Waals surface area contributed by atoms with Crippen molar-refractivity contribution in [3.63, 3.8) is 0 Å². The number of carbonyl (C=O) groups is 1. The molecular weight excluding hydrogens is 318 g/mol. The summed E-state index contributed by atoms with van der Waals surface area (Å²) in [6, 6.07) is 8.49. The standard InChI is InChI=1S/C17H15N7O/c18-14(16-20-7-8-21-16)10-1-3-11(4-2-10)17(25)23-13-5-6-19-15-12(13)9-22-24-15/h1-9,14H,18H2,(H,20,21)(H2,19,22,23,24,25). The van der Waals surface area contributed by atoms with Gasteiger partial charge in [0.2, 0.25) is 0 Å². The number of aromatic nitrogens is 5. The van der Waals surface area contributed by atoms with Crippen molar-refractivity contribution in [2.45, 2.75) is 6.04 Å². The van der Waals surface area contributed by atoms with E-state index in [-0.39, 0.29) is 11.9 Å². The number of amides is 1. The van der Waals surface area contributed by atoms with Crippen LogP contribution in [0.1, 0.15) is 27.8 Å². The summed E-state index contributed by atoms with van der Waals surface area (Å²) in [5.41, 5.74) is 8.82. The first-order valence-corrected chi connectivity index (χ1v) is 7.66. The minimum Gasteiger partial charge on any atom is -0.347 e. The van der Waals surface area contributed by atoms with E-state index in [1.165, 1.54) is 0 Å². The Bertz CT molecular complexity index is 1010. The number of nitrogens with zero attached hydrogens (tertiary/aromatic N) is 3. The van der Waals surface area contributed by atoms with Gasteiger partial charge in [-0.1, -0.05) is 12.1 Å². The molecular formula is C17H15N7O. The Labute approximate surface area is 142 Å². The largest absolute Gasteiger partial charge is 0.347 e. The fraction of sp³-hybridized carbons (Fsp3) is 0.0588. The van der Waals surface area contributed by atoms with Crippen LogP contribution in [-0.2, 0) is 0 Å². The number of anilines is 1. The second-order valence-electron chi connectivity index (χ2n) is 5.52. The van der Waals surface area contributed by atoms with Crippen LogP contribution in [-0.4, -0.2) is 31.1 Å². The van der Waals surface area contributed by atoms with Crippen LogP contribution in [0.5, 0.6) is 0 Å². The summed E-state index contributed by atoms with van der Waals surface area (Å²) < 4.78 is 0. The molecule has 1 aromatic carbocycles. The molecule has 4 rings (SSSR count). The van der Waals surface area contributed by atoms with Gasteiger partial charge in [-0.05, 0) is 23.8 Å². The Morgan fingerprint density at radius 1 is 1.12 bits per heavy atom. The van der Waals surface area contributed by atoms with Crippen molar-refractivity contribution in [3.8, 4) is 0 Å². The monoisotopic (exact) mass is 333 g/mol. The van der Waals surface area contributed by atoms with Gasteiger partial charge in [-0.2, -0.15) is 5.10 Å². The summed E-state index contributed by atoms with van der Waals surface area (Å²) >= 11 is 0. The molecule has 1 unspecified atom stereocenters. The average Bonchev–Trinajstić information content (AvgIpc) is 3.33. The first kappa shape index (κ1) is 15.0. The third kappa shape index (κ3) is 2.86. The number of rotatable bonds is 4. The zero-order chi connectivity index (χ0) is 17.2. The Hall–Kier alpha value is -3.52. The normalized spacial score (nSPS) is 12.2. The van der Waals surface area contributed by atoms with E-state index in [0.717, 1.165) is 10.9 Å². The molecule has 1 amide bonds. The van der Waals surface area contributed by atoms with Gasteiger partial charge in [-0.25, -0.2) is 9.97 Å². The van der Waals surface area contributed by atoms with Crippen molar-refractivity contribution >= 4 is 22.6 Å². The fourth-order valence-corrected chi connectivity index (χ4v) is 2.60. The van der Waals surface area contributed by atoms with Crippen molar-refractivity contribution < 1.29 is 4.79 Å². The van der Waals surface area contributed by atoms with E-state index in [0.29, 0.717) is 22.7 Å². The predicted octanol–water partition coefficient (Wildman–Crippen LogP) is 1.98. The molecule has 0 spiro atoms. The smallest absolute Gasteiger partial charge is 0.255 e. The molecule has 0 aliphatic heterocycles. The van der Waals surface area contributed by atoms with Gasteiger partial charge >= 0.3 is 0 Å². The Morgan fingerprint density at radius 3 is 2.72 bits per heavy atom. The quantitative estimate of drug-likeness (QED) is 0.454. The van der Waals surface area contributed by atoms with Crippen LogP contribution in [0.25, 0.3) is 11.0 Å². The minimum absolute atomic E-state index is 0.216. The lowest BCUT2D eigenvalue weighted by Gasteiger charge is -2.10. The Balaban J connectivity index is 1.54. The van der Waals surface area contributed by atoms with Crippen LogP contribution in [0.4, 0.5) is 5.69 Å².